The smallest absolute Gasteiger partial charge is 0.338 e. The third-order valence-corrected chi connectivity index (χ3v) is 2.28. The van der Waals surface area contributed by atoms with Crippen molar-refractivity contribution in [3.8, 4) is 5.75 Å². The van der Waals surface area contributed by atoms with Crippen LogP contribution in [0.25, 0.3) is 0 Å². The van der Waals surface area contributed by atoms with Gasteiger partial charge in [0.2, 0.25) is 0 Å². The van der Waals surface area contributed by atoms with Gasteiger partial charge in [0.25, 0.3) is 0 Å². The molecule has 0 saturated heterocycles. The van der Waals surface area contributed by atoms with Gasteiger partial charge in [0.1, 0.15) is 5.75 Å². The zero-order valence-corrected chi connectivity index (χ0v) is 10.4. The second-order valence-electron chi connectivity index (χ2n) is 3.68. The van der Waals surface area contributed by atoms with Gasteiger partial charge < -0.3 is 15.2 Å². The van der Waals surface area contributed by atoms with Crippen LogP contribution in [0.15, 0.2) is 18.2 Å². The Morgan fingerprint density at radius 3 is 2.71 bits per heavy atom. The van der Waals surface area contributed by atoms with Crippen LogP contribution in [0.5, 0.6) is 5.75 Å². The summed E-state index contributed by atoms with van der Waals surface area (Å²) >= 11 is 0. The van der Waals surface area contributed by atoms with Crippen LogP contribution in [0.3, 0.4) is 0 Å². The van der Waals surface area contributed by atoms with Crippen LogP contribution >= 0.6 is 0 Å². The molecule has 0 atom stereocenters. The second kappa shape index (κ2) is 6.78. The van der Waals surface area contributed by atoms with Gasteiger partial charge in [0.15, 0.2) is 0 Å². The summed E-state index contributed by atoms with van der Waals surface area (Å²) in [5, 5.41) is 0. The van der Waals surface area contributed by atoms with E-state index in [0.717, 1.165) is 12.8 Å². The van der Waals surface area contributed by atoms with E-state index in [2.05, 4.69) is 6.92 Å². The molecule has 17 heavy (non-hydrogen) atoms. The standard InChI is InChI=1S/C13H19NO3/c1-3-5-8-17-12-7-6-10(9-11(12)14)13(15)16-4-2/h6-7,9H,3-5,8,14H2,1-2H3. The van der Waals surface area contributed by atoms with E-state index in [1.165, 1.54) is 0 Å². The largest absolute Gasteiger partial charge is 0.491 e. The summed E-state index contributed by atoms with van der Waals surface area (Å²) in [7, 11) is 0. The number of carbonyl (C=O) groups excluding carboxylic acids is 1. The van der Waals surface area contributed by atoms with Crippen molar-refractivity contribution in [1.82, 2.24) is 0 Å². The Bertz CT molecular complexity index is 377. The number of carbonyl (C=O) groups is 1. The van der Waals surface area contributed by atoms with Crippen LogP contribution in [-0.2, 0) is 4.74 Å². The summed E-state index contributed by atoms with van der Waals surface area (Å²) in [5.41, 5.74) is 6.72. The summed E-state index contributed by atoms with van der Waals surface area (Å²) in [6.07, 6.45) is 2.06. The Labute approximate surface area is 102 Å². The van der Waals surface area contributed by atoms with Gasteiger partial charge in [-0.2, -0.15) is 0 Å². The number of rotatable bonds is 6. The summed E-state index contributed by atoms with van der Waals surface area (Å²) in [6, 6.07) is 4.95. The SMILES string of the molecule is CCCCOc1ccc(C(=O)OCC)cc1N. The number of nitrogens with two attached hydrogens (primary N) is 1. The molecule has 0 aliphatic heterocycles. The fourth-order valence-corrected chi connectivity index (χ4v) is 1.35. The lowest BCUT2D eigenvalue weighted by Gasteiger charge is -2.09. The zero-order valence-electron chi connectivity index (χ0n) is 10.4. The highest BCUT2D eigenvalue weighted by Crippen LogP contribution is 2.23. The normalized spacial score (nSPS) is 10.0. The van der Waals surface area contributed by atoms with Crippen LogP contribution in [0.2, 0.25) is 0 Å². The molecule has 4 nitrogen and oxygen atoms in total. The van der Waals surface area contributed by atoms with E-state index in [-0.39, 0.29) is 5.97 Å². The Morgan fingerprint density at radius 2 is 2.12 bits per heavy atom. The fourth-order valence-electron chi connectivity index (χ4n) is 1.35. The van der Waals surface area contributed by atoms with Gasteiger partial charge in [0, 0.05) is 0 Å². The van der Waals surface area contributed by atoms with E-state index in [9.17, 15) is 4.79 Å². The molecule has 0 radical (unpaired) electrons. The van der Waals surface area contributed by atoms with Gasteiger partial charge in [-0.1, -0.05) is 13.3 Å². The van der Waals surface area contributed by atoms with Crippen LogP contribution in [-0.4, -0.2) is 19.2 Å². The number of benzene rings is 1. The third kappa shape index (κ3) is 3.98. The minimum Gasteiger partial charge on any atom is -0.491 e. The first-order valence-electron chi connectivity index (χ1n) is 5.88. The lowest BCUT2D eigenvalue weighted by atomic mass is 10.2. The predicted octanol–water partition coefficient (Wildman–Crippen LogP) is 2.62. The average Bonchev–Trinajstić information content (AvgIpc) is 2.31. The van der Waals surface area contributed by atoms with E-state index in [4.69, 9.17) is 15.2 Å². The molecule has 0 spiro atoms. The molecule has 0 aliphatic carbocycles. The summed E-state index contributed by atoms with van der Waals surface area (Å²) < 4.78 is 10.4. The third-order valence-electron chi connectivity index (χ3n) is 2.28. The van der Waals surface area contributed by atoms with E-state index in [1.807, 2.05) is 0 Å². The molecule has 0 aliphatic rings. The maximum absolute atomic E-state index is 11.4. The highest BCUT2D eigenvalue weighted by molar-refractivity contribution is 5.91. The highest BCUT2D eigenvalue weighted by Gasteiger charge is 2.09. The number of nitrogen functional groups attached to an aromatic ring is 1. The molecule has 4 heteroatoms. The van der Waals surface area contributed by atoms with Crippen LogP contribution < -0.4 is 10.5 Å². The van der Waals surface area contributed by atoms with E-state index in [0.29, 0.717) is 30.2 Å². The first-order chi connectivity index (χ1) is 8.19. The Morgan fingerprint density at radius 1 is 1.35 bits per heavy atom. The Hall–Kier alpha value is -1.71. The van der Waals surface area contributed by atoms with Crippen molar-refractivity contribution < 1.29 is 14.3 Å². The Balaban J connectivity index is 2.68. The van der Waals surface area contributed by atoms with Crippen molar-refractivity contribution in [3.05, 3.63) is 23.8 Å². The quantitative estimate of drug-likeness (QED) is 0.469. The Kier molecular flexibility index (Phi) is 5.33. The first kappa shape index (κ1) is 13.4. The zero-order chi connectivity index (χ0) is 12.7. The van der Waals surface area contributed by atoms with E-state index in [1.54, 1.807) is 25.1 Å². The van der Waals surface area contributed by atoms with Gasteiger partial charge in [-0.25, -0.2) is 4.79 Å². The van der Waals surface area contributed by atoms with Crippen molar-refractivity contribution in [2.24, 2.45) is 0 Å². The van der Waals surface area contributed by atoms with Crippen LogP contribution in [0.1, 0.15) is 37.0 Å². The number of anilines is 1. The average molecular weight is 237 g/mol. The van der Waals surface area contributed by atoms with E-state index >= 15 is 0 Å². The maximum atomic E-state index is 11.4. The molecule has 0 fully saturated rings. The minimum absolute atomic E-state index is 0.355. The maximum Gasteiger partial charge on any atom is 0.338 e. The number of esters is 1. The summed E-state index contributed by atoms with van der Waals surface area (Å²) in [6.45, 7) is 4.85. The van der Waals surface area contributed by atoms with Crippen molar-refractivity contribution in [1.29, 1.82) is 0 Å². The molecule has 94 valence electrons. The number of unbranched alkanes of at least 4 members (excludes halogenated alkanes) is 1. The van der Waals surface area contributed by atoms with E-state index < -0.39 is 0 Å². The molecule has 0 aromatic heterocycles. The molecule has 1 rings (SSSR count). The van der Waals surface area contributed by atoms with Crippen molar-refractivity contribution in [2.75, 3.05) is 18.9 Å². The number of hydrogen-bond donors (Lipinski definition) is 1. The first-order valence-corrected chi connectivity index (χ1v) is 5.88. The summed E-state index contributed by atoms with van der Waals surface area (Å²) in [4.78, 5) is 11.4. The molecule has 1 aromatic rings. The van der Waals surface area contributed by atoms with Gasteiger partial charge in [-0.3, -0.25) is 0 Å². The number of ether oxygens (including phenoxy) is 2. The minimum atomic E-state index is -0.362. The molecule has 2 N–H and O–H groups in total. The van der Waals surface area contributed by atoms with Gasteiger partial charge in [-0.05, 0) is 31.5 Å². The fraction of sp³-hybridized carbons (Fsp3) is 0.462. The molecule has 0 amide bonds. The van der Waals surface area contributed by atoms with Crippen LogP contribution in [0, 0.1) is 0 Å². The van der Waals surface area contributed by atoms with Gasteiger partial charge >= 0.3 is 5.97 Å². The lowest BCUT2D eigenvalue weighted by molar-refractivity contribution is 0.0526. The van der Waals surface area contributed by atoms with Crippen LogP contribution in [0.4, 0.5) is 5.69 Å². The molecule has 0 unspecified atom stereocenters. The van der Waals surface area contributed by atoms with Crippen molar-refractivity contribution in [3.63, 3.8) is 0 Å². The highest BCUT2D eigenvalue weighted by atomic mass is 16.5. The van der Waals surface area contributed by atoms with Crippen molar-refractivity contribution >= 4 is 11.7 Å². The molecular formula is C13H19NO3. The molecule has 1 aromatic carbocycles. The second-order valence-corrected chi connectivity index (χ2v) is 3.68. The lowest BCUT2D eigenvalue weighted by Crippen LogP contribution is -2.06. The molecule has 0 saturated carbocycles. The summed E-state index contributed by atoms with van der Waals surface area (Å²) in [5.74, 6) is 0.255. The van der Waals surface area contributed by atoms with Crippen molar-refractivity contribution in [2.45, 2.75) is 26.7 Å². The molecule has 0 heterocycles. The monoisotopic (exact) mass is 237 g/mol. The van der Waals surface area contributed by atoms with Gasteiger partial charge in [0.05, 0.1) is 24.5 Å². The molecule has 0 bridgehead atoms. The predicted molar refractivity (Wildman–Crippen MR) is 67.2 cm³/mol. The van der Waals surface area contributed by atoms with Gasteiger partial charge in [-0.15, -0.1) is 0 Å². The topological polar surface area (TPSA) is 61.5 Å². The number of hydrogen-bond acceptors (Lipinski definition) is 4. The molecular weight excluding hydrogens is 218 g/mol.